The SMILES string of the molecule is CCCCC(NC1(C(F)(F)F)CC1)C(=O)O. The molecular weight excluding hydrogens is 223 g/mol. The van der Waals surface area contributed by atoms with E-state index >= 15 is 0 Å². The van der Waals surface area contributed by atoms with Crippen LogP contribution >= 0.6 is 0 Å². The summed E-state index contributed by atoms with van der Waals surface area (Å²) < 4.78 is 37.8. The lowest BCUT2D eigenvalue weighted by atomic mass is 10.1. The van der Waals surface area contributed by atoms with Gasteiger partial charge in [-0.3, -0.25) is 10.1 Å². The van der Waals surface area contributed by atoms with Crippen molar-refractivity contribution in [2.45, 2.75) is 56.8 Å². The molecule has 1 saturated carbocycles. The van der Waals surface area contributed by atoms with Crippen molar-refractivity contribution in [2.75, 3.05) is 0 Å². The van der Waals surface area contributed by atoms with Crippen molar-refractivity contribution < 1.29 is 23.1 Å². The third-order valence-corrected chi connectivity index (χ3v) is 2.89. The molecule has 0 saturated heterocycles. The fraction of sp³-hybridized carbons (Fsp3) is 0.900. The zero-order valence-electron chi connectivity index (χ0n) is 9.10. The Morgan fingerprint density at radius 3 is 2.38 bits per heavy atom. The minimum atomic E-state index is -4.35. The molecule has 0 aliphatic heterocycles. The Morgan fingerprint density at radius 1 is 1.50 bits per heavy atom. The molecule has 0 spiro atoms. The first kappa shape index (κ1) is 13.3. The summed E-state index contributed by atoms with van der Waals surface area (Å²) in [5, 5.41) is 11.1. The highest BCUT2D eigenvalue weighted by Crippen LogP contribution is 2.49. The highest BCUT2D eigenvalue weighted by Gasteiger charge is 2.64. The molecule has 0 amide bonds. The van der Waals surface area contributed by atoms with Crippen LogP contribution in [0.25, 0.3) is 0 Å². The molecular formula is C10H16F3NO2. The molecule has 16 heavy (non-hydrogen) atoms. The van der Waals surface area contributed by atoms with E-state index in [-0.39, 0.29) is 19.3 Å². The molecule has 1 aliphatic rings. The molecule has 0 aromatic rings. The van der Waals surface area contributed by atoms with E-state index in [0.717, 1.165) is 6.42 Å². The molecule has 1 unspecified atom stereocenters. The number of halogens is 3. The Bertz CT molecular complexity index is 261. The second-order valence-electron chi connectivity index (χ2n) is 4.26. The van der Waals surface area contributed by atoms with Gasteiger partial charge in [-0.1, -0.05) is 19.8 Å². The van der Waals surface area contributed by atoms with Crippen LogP contribution in [0.15, 0.2) is 0 Å². The van der Waals surface area contributed by atoms with Crippen molar-refractivity contribution in [3.63, 3.8) is 0 Å². The quantitative estimate of drug-likeness (QED) is 0.747. The highest BCUT2D eigenvalue weighted by molar-refractivity contribution is 5.73. The smallest absolute Gasteiger partial charge is 0.406 e. The summed E-state index contributed by atoms with van der Waals surface area (Å²) in [4.78, 5) is 10.8. The first-order valence-corrected chi connectivity index (χ1v) is 5.39. The van der Waals surface area contributed by atoms with E-state index in [1.54, 1.807) is 0 Å². The minimum absolute atomic E-state index is 0.0214. The molecule has 0 aromatic carbocycles. The summed E-state index contributed by atoms with van der Waals surface area (Å²) in [5.41, 5.74) is -1.94. The van der Waals surface area contributed by atoms with Crippen LogP contribution in [0, 0.1) is 0 Å². The van der Waals surface area contributed by atoms with Gasteiger partial charge in [-0.05, 0) is 19.3 Å². The van der Waals surface area contributed by atoms with Crippen molar-refractivity contribution in [2.24, 2.45) is 0 Å². The zero-order valence-corrected chi connectivity index (χ0v) is 9.10. The number of alkyl halides is 3. The summed E-state index contributed by atoms with van der Waals surface area (Å²) in [5.74, 6) is -1.20. The van der Waals surface area contributed by atoms with Crippen molar-refractivity contribution in [1.82, 2.24) is 5.32 Å². The summed E-state index contributed by atoms with van der Waals surface area (Å²) in [7, 11) is 0. The Kier molecular flexibility index (Phi) is 3.83. The number of aliphatic carboxylic acids is 1. The molecule has 1 atom stereocenters. The maximum Gasteiger partial charge on any atom is 0.406 e. The van der Waals surface area contributed by atoms with Crippen LogP contribution in [-0.4, -0.2) is 28.8 Å². The summed E-state index contributed by atoms with van der Waals surface area (Å²) in [6.45, 7) is 1.87. The maximum absolute atomic E-state index is 12.6. The lowest BCUT2D eigenvalue weighted by molar-refractivity contribution is -0.170. The van der Waals surface area contributed by atoms with Gasteiger partial charge in [-0.15, -0.1) is 0 Å². The van der Waals surface area contributed by atoms with Gasteiger partial charge in [0, 0.05) is 0 Å². The van der Waals surface area contributed by atoms with Crippen LogP contribution in [0.3, 0.4) is 0 Å². The molecule has 0 aromatic heterocycles. The van der Waals surface area contributed by atoms with Crippen molar-refractivity contribution in [3.8, 4) is 0 Å². The fourth-order valence-corrected chi connectivity index (χ4v) is 1.63. The number of carbonyl (C=O) groups is 1. The standard InChI is InChI=1S/C10H16F3NO2/c1-2-3-4-7(8(15)16)14-9(5-6-9)10(11,12)13/h7,14H,2-6H2,1H3,(H,15,16). The third-order valence-electron chi connectivity index (χ3n) is 2.89. The number of carboxylic acid groups (broad SMARTS) is 1. The fourth-order valence-electron chi connectivity index (χ4n) is 1.63. The molecule has 0 heterocycles. The van der Waals surface area contributed by atoms with Crippen molar-refractivity contribution in [1.29, 1.82) is 0 Å². The normalized spacial score (nSPS) is 20.5. The summed E-state index contributed by atoms with van der Waals surface area (Å²) in [6.07, 6.45) is -2.78. The van der Waals surface area contributed by atoms with Gasteiger partial charge in [0.25, 0.3) is 0 Å². The van der Waals surface area contributed by atoms with Gasteiger partial charge in [0.2, 0.25) is 0 Å². The maximum atomic E-state index is 12.6. The lowest BCUT2D eigenvalue weighted by Gasteiger charge is -2.25. The van der Waals surface area contributed by atoms with Crippen molar-refractivity contribution in [3.05, 3.63) is 0 Å². The average Bonchev–Trinajstić information content (AvgIpc) is 2.91. The minimum Gasteiger partial charge on any atom is -0.480 e. The highest BCUT2D eigenvalue weighted by atomic mass is 19.4. The molecule has 0 radical (unpaired) electrons. The largest absolute Gasteiger partial charge is 0.480 e. The topological polar surface area (TPSA) is 49.3 Å². The van der Waals surface area contributed by atoms with E-state index in [0.29, 0.717) is 6.42 Å². The Hall–Kier alpha value is -0.780. The first-order valence-electron chi connectivity index (χ1n) is 5.39. The Morgan fingerprint density at radius 2 is 2.06 bits per heavy atom. The van der Waals surface area contributed by atoms with Crippen LogP contribution in [0.2, 0.25) is 0 Å². The van der Waals surface area contributed by atoms with E-state index in [4.69, 9.17) is 5.11 Å². The van der Waals surface area contributed by atoms with Gasteiger partial charge >= 0.3 is 12.1 Å². The van der Waals surface area contributed by atoms with Crippen LogP contribution in [0.1, 0.15) is 39.0 Å². The van der Waals surface area contributed by atoms with Crippen LogP contribution in [0.5, 0.6) is 0 Å². The number of hydrogen-bond acceptors (Lipinski definition) is 2. The van der Waals surface area contributed by atoms with Crippen LogP contribution in [-0.2, 0) is 4.79 Å². The first-order chi connectivity index (χ1) is 7.32. The van der Waals surface area contributed by atoms with Gasteiger partial charge in [0.1, 0.15) is 11.6 Å². The van der Waals surface area contributed by atoms with Crippen LogP contribution in [0.4, 0.5) is 13.2 Å². The summed E-state index contributed by atoms with van der Waals surface area (Å²) in [6, 6.07) is -1.09. The van der Waals surface area contributed by atoms with Gasteiger partial charge in [0.05, 0.1) is 0 Å². The number of rotatable bonds is 6. The molecule has 1 aliphatic carbocycles. The second kappa shape index (κ2) is 4.61. The number of nitrogens with one attached hydrogen (secondary N) is 1. The van der Waals surface area contributed by atoms with Crippen molar-refractivity contribution >= 4 is 5.97 Å². The van der Waals surface area contributed by atoms with Gasteiger partial charge in [-0.25, -0.2) is 0 Å². The van der Waals surface area contributed by atoms with E-state index in [1.807, 2.05) is 6.92 Å². The summed E-state index contributed by atoms with van der Waals surface area (Å²) >= 11 is 0. The van der Waals surface area contributed by atoms with Crippen LogP contribution < -0.4 is 5.32 Å². The molecule has 1 fully saturated rings. The predicted octanol–water partition coefficient (Wildman–Crippen LogP) is 2.31. The van der Waals surface area contributed by atoms with E-state index in [9.17, 15) is 18.0 Å². The average molecular weight is 239 g/mol. The molecule has 3 nitrogen and oxygen atoms in total. The van der Waals surface area contributed by atoms with E-state index in [1.165, 1.54) is 0 Å². The van der Waals surface area contributed by atoms with Gasteiger partial charge < -0.3 is 5.11 Å². The molecule has 0 bridgehead atoms. The number of hydrogen-bond donors (Lipinski definition) is 2. The molecule has 6 heteroatoms. The number of carboxylic acids is 1. The zero-order chi connectivity index (χ0) is 12.4. The number of unbranched alkanes of at least 4 members (excludes halogenated alkanes) is 1. The monoisotopic (exact) mass is 239 g/mol. The van der Waals surface area contributed by atoms with E-state index < -0.39 is 23.7 Å². The lowest BCUT2D eigenvalue weighted by Crippen LogP contribution is -2.52. The molecule has 2 N–H and O–H groups in total. The third kappa shape index (κ3) is 2.87. The van der Waals surface area contributed by atoms with Gasteiger partial charge in [-0.2, -0.15) is 13.2 Å². The predicted molar refractivity (Wildman–Crippen MR) is 52.1 cm³/mol. The van der Waals surface area contributed by atoms with E-state index in [2.05, 4.69) is 5.32 Å². The molecule has 1 rings (SSSR count). The Labute approximate surface area is 92.0 Å². The second-order valence-corrected chi connectivity index (χ2v) is 4.26. The van der Waals surface area contributed by atoms with Gasteiger partial charge in [0.15, 0.2) is 0 Å². The Balaban J connectivity index is 2.58. The molecule has 94 valence electrons.